The predicted molar refractivity (Wildman–Crippen MR) is 427 cm³/mol. The number of aryl methyl sites for hydroxylation is 8. The molecule has 0 N–H and O–H groups in total. The molecule has 0 atom stereocenters. The number of benzene rings is 24. The minimum absolute atomic E-state index is 0.125. The van der Waals surface area contributed by atoms with E-state index in [1.165, 1.54) is 315 Å². The lowest BCUT2D eigenvalue weighted by Gasteiger charge is -2.35. The summed E-state index contributed by atoms with van der Waals surface area (Å²) in [7, 11) is 0. The zero-order valence-electron chi connectivity index (χ0n) is 59.1. The number of fused-ring (bicyclic) bond motifs is 10. The van der Waals surface area contributed by atoms with E-state index in [-0.39, 0.29) is 21.7 Å². The van der Waals surface area contributed by atoms with Gasteiger partial charge in [0.2, 0.25) is 0 Å². The van der Waals surface area contributed by atoms with E-state index in [4.69, 9.17) is 0 Å². The minimum Gasteiger partial charge on any atom is -0.0561 e. The number of hydrogen-bond acceptors (Lipinski definition) is 0. The Kier molecular flexibility index (Phi) is 8.23. The molecular formula is C96H74. The molecule has 0 aliphatic rings. The van der Waals surface area contributed by atoms with Crippen LogP contribution in [-0.2, 0) is 21.7 Å². The monoisotopic (exact) mass is 1230 g/mol. The summed E-state index contributed by atoms with van der Waals surface area (Å²) < 4.78 is 0. The second-order valence-corrected chi connectivity index (χ2v) is 35.9. The summed E-state index contributed by atoms with van der Waals surface area (Å²) in [6, 6.07) is 37.6. The van der Waals surface area contributed by atoms with Gasteiger partial charge in [0.15, 0.2) is 0 Å². The molecule has 24 aromatic carbocycles. The summed E-state index contributed by atoms with van der Waals surface area (Å²) in [5.41, 5.74) is 16.3. The van der Waals surface area contributed by atoms with Crippen molar-refractivity contribution in [3.8, 4) is 0 Å². The molecule has 0 saturated carbocycles. The lowest BCUT2D eigenvalue weighted by molar-refractivity contribution is 0.591. The van der Waals surface area contributed by atoms with Gasteiger partial charge in [-0.3, -0.25) is 0 Å². The van der Waals surface area contributed by atoms with Gasteiger partial charge in [-0.2, -0.15) is 0 Å². The molecule has 0 aliphatic carbocycles. The largest absolute Gasteiger partial charge is 0.0561 e. The van der Waals surface area contributed by atoms with Gasteiger partial charge in [0.05, 0.1) is 0 Å². The standard InChI is InChI=1S/C96H74/c1-35-21-47-51-25-43(93(9,10)11)29-55-59-33-60-57-31-45(95(15,16)17)27-53-49-23-37(3)41(7)65-66-42(8)38(4)24-50-54-28-46(96(18,19)20)32-58-62-34-61-56-30-44(94(12,13)14)26-52-48-22-36(2)40(6)64-63(39(35)5)71(47)85-79(67(51)55)89-75(59)83-77(60)91-81(69(53)57)87(73(49)65)88(74(50)66)82(70(54)58)92(91)78(62)84(83)76(61)90(89)80(68(52)56)86(85)72(48)64/h21-34H,1-20H3. The minimum atomic E-state index is -0.125. The summed E-state index contributed by atoms with van der Waals surface area (Å²) in [5, 5.41) is 66.9. The van der Waals surface area contributed by atoms with Crippen LogP contribution in [0.4, 0.5) is 0 Å². The molecule has 24 rings (SSSR count). The van der Waals surface area contributed by atoms with E-state index in [9.17, 15) is 0 Å². The fourth-order valence-corrected chi connectivity index (χ4v) is 22.1. The van der Waals surface area contributed by atoms with Crippen molar-refractivity contribution in [1.82, 2.24) is 0 Å². The Balaban J connectivity index is 1.15. The third kappa shape index (κ3) is 5.16. The van der Waals surface area contributed by atoms with Crippen LogP contribution in [-0.4, -0.2) is 0 Å². The predicted octanol–water partition coefficient (Wildman–Crippen LogP) is 28.6. The smallest absolute Gasteiger partial charge is 0.0000238 e. The van der Waals surface area contributed by atoms with Gasteiger partial charge in [-0.15, -0.1) is 0 Å². The number of rotatable bonds is 0. The van der Waals surface area contributed by atoms with Gasteiger partial charge >= 0.3 is 0 Å². The van der Waals surface area contributed by atoms with E-state index in [1.54, 1.807) is 0 Å². The van der Waals surface area contributed by atoms with Crippen molar-refractivity contribution in [2.24, 2.45) is 0 Å². The van der Waals surface area contributed by atoms with Gasteiger partial charge in [-0.05, 0) is 452 Å². The molecule has 0 heterocycles. The van der Waals surface area contributed by atoms with Gasteiger partial charge < -0.3 is 0 Å². The quantitative estimate of drug-likeness (QED) is 0.105. The average Bonchev–Trinajstić information content (AvgIpc) is 0.635. The molecule has 96 heavy (non-hydrogen) atoms. The van der Waals surface area contributed by atoms with Crippen LogP contribution >= 0.6 is 0 Å². The van der Waals surface area contributed by atoms with E-state index in [1.807, 2.05) is 0 Å². The summed E-state index contributed by atoms with van der Waals surface area (Å²) in [6.45, 7) is 48.9. The molecule has 0 unspecified atom stereocenters. The maximum atomic E-state index is 2.82. The molecule has 0 heteroatoms. The van der Waals surface area contributed by atoms with Gasteiger partial charge in [0, 0.05) is 0 Å². The Bertz CT molecular complexity index is 6880. The Morgan fingerprint density at radius 1 is 0.135 bits per heavy atom. The maximum absolute atomic E-state index is 2.82. The van der Waals surface area contributed by atoms with Crippen LogP contribution in [0.5, 0.6) is 0 Å². The van der Waals surface area contributed by atoms with E-state index in [0.29, 0.717) is 0 Å². The molecular weight excluding hydrogens is 1150 g/mol. The van der Waals surface area contributed by atoms with Crippen LogP contribution in [0, 0.1) is 55.4 Å². The summed E-state index contributed by atoms with van der Waals surface area (Å²) in [5.74, 6) is 0. The van der Waals surface area contributed by atoms with Crippen molar-refractivity contribution < 1.29 is 0 Å². The zero-order chi connectivity index (χ0) is 65.4. The average molecular weight is 1230 g/mol. The molecule has 0 bridgehead atoms. The molecule has 0 spiro atoms. The SMILES string of the molecule is Cc1cc2c3cc(C(C)(C)C)cc4c5cc6c7cc(C(C)(C)C)cc8c9cc(C)c(C)c%10c%11c(C)c(C)cc%12c%13cc(C(C)(C)C)cc%14c%15cc%16c%17cc(C(C)(C)C)cc%18c%19cc(C)c(C)c%20c(c1C)c2c1c(c34)c2c5c3c6c4c(c87)c(c9%10)c(c%12%11)c(c%13%14)c4c%15c3c%16c2c(c%18%17)c1c%19%20. The highest BCUT2D eigenvalue weighted by atomic mass is 14.4. The normalized spacial score (nSPS) is 14.7. The topological polar surface area (TPSA) is 0 Å². The first-order valence-electron chi connectivity index (χ1n) is 35.8. The second-order valence-electron chi connectivity index (χ2n) is 35.9. The van der Waals surface area contributed by atoms with Gasteiger partial charge in [0.1, 0.15) is 0 Å². The van der Waals surface area contributed by atoms with Crippen molar-refractivity contribution in [1.29, 1.82) is 0 Å². The highest BCUT2D eigenvalue weighted by Gasteiger charge is 2.40. The van der Waals surface area contributed by atoms with Crippen molar-refractivity contribution >= 4 is 248 Å². The first kappa shape index (κ1) is 52.9. The first-order chi connectivity index (χ1) is 45.5. The van der Waals surface area contributed by atoms with E-state index in [0.717, 1.165) is 0 Å². The maximum Gasteiger partial charge on any atom is -0.0000238 e. The van der Waals surface area contributed by atoms with Crippen LogP contribution in [0.2, 0.25) is 0 Å². The lowest BCUT2D eigenvalue weighted by atomic mass is 9.67. The Hall–Kier alpha value is -9.36. The van der Waals surface area contributed by atoms with E-state index >= 15 is 0 Å². The third-order valence-corrected chi connectivity index (χ3v) is 27.1. The highest BCUT2D eigenvalue weighted by molar-refractivity contribution is 6.69. The highest BCUT2D eigenvalue weighted by Crippen LogP contribution is 2.68. The molecule has 24 aromatic rings. The molecule has 458 valence electrons. The zero-order valence-corrected chi connectivity index (χ0v) is 59.1. The van der Waals surface area contributed by atoms with Crippen LogP contribution < -0.4 is 0 Å². The Labute approximate surface area is 556 Å². The van der Waals surface area contributed by atoms with E-state index < -0.39 is 0 Å². The van der Waals surface area contributed by atoms with Gasteiger partial charge in [-0.1, -0.05) is 107 Å². The lowest BCUT2D eigenvalue weighted by Crippen LogP contribution is -2.12. The van der Waals surface area contributed by atoms with Gasteiger partial charge in [-0.25, -0.2) is 0 Å². The second kappa shape index (κ2) is 14.9. The molecule has 0 aliphatic heterocycles. The van der Waals surface area contributed by atoms with Crippen molar-refractivity contribution in [3.05, 3.63) is 152 Å². The fourth-order valence-electron chi connectivity index (χ4n) is 22.1. The van der Waals surface area contributed by atoms with Crippen LogP contribution in [0.25, 0.3) is 248 Å². The van der Waals surface area contributed by atoms with Crippen LogP contribution in [0.3, 0.4) is 0 Å². The van der Waals surface area contributed by atoms with E-state index in [2.05, 4.69) is 223 Å². The number of hydrogen-bond donors (Lipinski definition) is 0. The summed E-state index contributed by atoms with van der Waals surface area (Å²) in [6.07, 6.45) is 0. The van der Waals surface area contributed by atoms with Crippen molar-refractivity contribution in [2.75, 3.05) is 0 Å². The molecule has 0 aromatic heterocycles. The van der Waals surface area contributed by atoms with Crippen molar-refractivity contribution in [2.45, 2.75) is 160 Å². The van der Waals surface area contributed by atoms with Crippen molar-refractivity contribution in [3.63, 3.8) is 0 Å². The third-order valence-electron chi connectivity index (χ3n) is 27.1. The molecule has 0 nitrogen and oxygen atoms in total. The van der Waals surface area contributed by atoms with Crippen LogP contribution in [0.1, 0.15) is 150 Å². The first-order valence-corrected chi connectivity index (χ1v) is 35.8. The Morgan fingerprint density at radius 2 is 0.260 bits per heavy atom. The molecule has 0 radical (unpaired) electrons. The molecule has 0 fully saturated rings. The summed E-state index contributed by atoms with van der Waals surface area (Å²) in [4.78, 5) is 0. The molecule has 0 saturated heterocycles. The Morgan fingerprint density at radius 3 is 0.427 bits per heavy atom. The fraction of sp³-hybridized carbons (Fsp3) is 0.250. The summed E-state index contributed by atoms with van der Waals surface area (Å²) >= 11 is 0. The van der Waals surface area contributed by atoms with Gasteiger partial charge in [0.25, 0.3) is 0 Å². The van der Waals surface area contributed by atoms with Crippen LogP contribution in [0.15, 0.2) is 84.9 Å². The molecule has 0 amide bonds.